The summed E-state index contributed by atoms with van der Waals surface area (Å²) in [5.74, 6) is -4.14. The van der Waals surface area contributed by atoms with E-state index in [1.165, 1.54) is 0 Å². The molecule has 0 rings (SSSR count). The van der Waals surface area contributed by atoms with Gasteiger partial charge in [-0.25, -0.2) is 4.79 Å². The molecule has 0 aliphatic heterocycles. The Kier molecular flexibility index (Phi) is 9.73. The molecule has 4 atom stereocenters. The zero-order valence-electron chi connectivity index (χ0n) is 15.1. The van der Waals surface area contributed by atoms with Gasteiger partial charge in [0.15, 0.2) is 0 Å². The fourth-order valence-electron chi connectivity index (χ4n) is 2.04. The van der Waals surface area contributed by atoms with Gasteiger partial charge < -0.3 is 26.6 Å². The average molecular weight is 359 g/mol. The van der Waals surface area contributed by atoms with Gasteiger partial charge in [0, 0.05) is 6.42 Å². The Balaban J connectivity index is 5.17. The van der Waals surface area contributed by atoms with E-state index < -0.39 is 41.9 Å². The maximum absolute atomic E-state index is 12.4. The molecule has 0 aromatic carbocycles. The maximum Gasteiger partial charge on any atom is 0.326 e. The largest absolute Gasteiger partial charge is 0.481 e. The first-order valence-corrected chi connectivity index (χ1v) is 8.32. The number of nitrogens with one attached hydrogen (secondary N) is 2. The number of amides is 2. The van der Waals surface area contributed by atoms with Gasteiger partial charge in [0.05, 0.1) is 6.04 Å². The van der Waals surface area contributed by atoms with Crippen LogP contribution in [0.4, 0.5) is 0 Å². The van der Waals surface area contributed by atoms with Crippen LogP contribution in [-0.4, -0.2) is 52.1 Å². The summed E-state index contributed by atoms with van der Waals surface area (Å²) in [5, 5.41) is 22.9. The van der Waals surface area contributed by atoms with Crippen molar-refractivity contribution in [3.8, 4) is 0 Å². The van der Waals surface area contributed by atoms with Crippen LogP contribution in [0.15, 0.2) is 0 Å². The number of hydrogen-bond acceptors (Lipinski definition) is 5. The van der Waals surface area contributed by atoms with Crippen molar-refractivity contribution in [1.82, 2.24) is 10.6 Å². The van der Waals surface area contributed by atoms with Gasteiger partial charge in [-0.3, -0.25) is 14.4 Å². The number of rotatable bonds is 11. The molecule has 0 bridgehead atoms. The Morgan fingerprint density at radius 3 is 1.96 bits per heavy atom. The highest BCUT2D eigenvalue weighted by Gasteiger charge is 2.31. The molecule has 2 amide bonds. The van der Waals surface area contributed by atoms with Gasteiger partial charge in [0.1, 0.15) is 12.1 Å². The third-order valence-electron chi connectivity index (χ3n) is 4.08. The number of carboxylic acid groups (broad SMARTS) is 2. The molecule has 0 heterocycles. The van der Waals surface area contributed by atoms with Gasteiger partial charge in [-0.15, -0.1) is 0 Å². The smallest absolute Gasteiger partial charge is 0.326 e. The first-order valence-electron chi connectivity index (χ1n) is 8.32. The molecule has 25 heavy (non-hydrogen) atoms. The summed E-state index contributed by atoms with van der Waals surface area (Å²) in [7, 11) is 0. The van der Waals surface area contributed by atoms with Crippen LogP contribution in [0, 0.1) is 11.8 Å². The Morgan fingerprint density at radius 1 is 1.00 bits per heavy atom. The molecule has 0 spiro atoms. The molecule has 9 nitrogen and oxygen atoms in total. The van der Waals surface area contributed by atoms with Crippen LogP contribution in [0.25, 0.3) is 0 Å². The predicted molar refractivity (Wildman–Crippen MR) is 90.6 cm³/mol. The van der Waals surface area contributed by atoms with E-state index >= 15 is 0 Å². The summed E-state index contributed by atoms with van der Waals surface area (Å²) in [4.78, 5) is 46.6. The second-order valence-electron chi connectivity index (χ2n) is 6.47. The van der Waals surface area contributed by atoms with E-state index in [0.717, 1.165) is 0 Å². The van der Waals surface area contributed by atoms with Crippen molar-refractivity contribution in [2.24, 2.45) is 17.6 Å². The van der Waals surface area contributed by atoms with Crippen molar-refractivity contribution < 1.29 is 29.4 Å². The summed E-state index contributed by atoms with van der Waals surface area (Å²) in [6.07, 6.45) is 0.0164. The lowest BCUT2D eigenvalue weighted by molar-refractivity contribution is -0.144. The van der Waals surface area contributed by atoms with Gasteiger partial charge in [-0.05, 0) is 18.3 Å². The minimum atomic E-state index is -1.19. The summed E-state index contributed by atoms with van der Waals surface area (Å²) in [6.45, 7) is 6.94. The number of carboxylic acids is 2. The Labute approximate surface area is 147 Å². The van der Waals surface area contributed by atoms with Crippen molar-refractivity contribution in [2.75, 3.05) is 0 Å². The molecule has 4 unspecified atom stereocenters. The summed E-state index contributed by atoms with van der Waals surface area (Å²) >= 11 is 0. The average Bonchev–Trinajstić information content (AvgIpc) is 2.53. The zero-order valence-corrected chi connectivity index (χ0v) is 15.1. The molecule has 0 aliphatic carbocycles. The number of hydrogen-bond donors (Lipinski definition) is 5. The number of nitrogens with two attached hydrogens (primary N) is 1. The molecule has 0 aliphatic rings. The Bertz CT molecular complexity index is 494. The van der Waals surface area contributed by atoms with E-state index in [1.807, 2.05) is 0 Å². The molecule has 144 valence electrons. The second-order valence-corrected chi connectivity index (χ2v) is 6.47. The van der Waals surface area contributed by atoms with Gasteiger partial charge in [0.25, 0.3) is 0 Å². The number of carbonyl (C=O) groups excluding carboxylic acids is 2. The van der Waals surface area contributed by atoms with Crippen LogP contribution in [0.5, 0.6) is 0 Å². The summed E-state index contributed by atoms with van der Waals surface area (Å²) in [6, 6.07) is -3.15. The summed E-state index contributed by atoms with van der Waals surface area (Å²) in [5.41, 5.74) is 5.73. The molecule has 0 aromatic rings. The van der Waals surface area contributed by atoms with Crippen molar-refractivity contribution >= 4 is 23.8 Å². The number of aliphatic carboxylic acids is 2. The molecule has 0 aromatic heterocycles. The van der Waals surface area contributed by atoms with Gasteiger partial charge in [-0.1, -0.05) is 34.1 Å². The minimum Gasteiger partial charge on any atom is -0.481 e. The second kappa shape index (κ2) is 10.7. The number of carbonyl (C=O) groups is 4. The van der Waals surface area contributed by atoms with Crippen molar-refractivity contribution in [1.29, 1.82) is 0 Å². The Hall–Kier alpha value is -2.16. The lowest BCUT2D eigenvalue weighted by Crippen LogP contribution is -2.56. The molecular formula is C16H29N3O6. The van der Waals surface area contributed by atoms with E-state index in [4.69, 9.17) is 10.8 Å². The standard InChI is InChI=1S/C16H29N3O6/c1-5-9(4)13(16(24)25)19-14(22)10(6-7-11(20)21)18-15(23)12(17)8(2)3/h8-10,12-13H,5-7,17H2,1-4H3,(H,18,23)(H,19,22)(H,20,21)(H,24,25). The van der Waals surface area contributed by atoms with Crippen LogP contribution >= 0.6 is 0 Å². The fraction of sp³-hybridized carbons (Fsp3) is 0.750. The van der Waals surface area contributed by atoms with Gasteiger partial charge in [-0.2, -0.15) is 0 Å². The van der Waals surface area contributed by atoms with E-state index in [0.29, 0.717) is 6.42 Å². The SMILES string of the molecule is CCC(C)C(NC(=O)C(CCC(=O)O)NC(=O)C(N)C(C)C)C(=O)O. The topological polar surface area (TPSA) is 159 Å². The molecule has 0 saturated heterocycles. The van der Waals surface area contributed by atoms with Crippen LogP contribution < -0.4 is 16.4 Å². The van der Waals surface area contributed by atoms with E-state index in [2.05, 4.69) is 10.6 Å². The molecule has 0 saturated carbocycles. The van der Waals surface area contributed by atoms with Crippen molar-refractivity contribution in [2.45, 2.75) is 65.1 Å². The van der Waals surface area contributed by atoms with E-state index in [9.17, 15) is 24.3 Å². The highest BCUT2D eigenvalue weighted by Crippen LogP contribution is 2.09. The van der Waals surface area contributed by atoms with Gasteiger partial charge >= 0.3 is 11.9 Å². The summed E-state index contributed by atoms with van der Waals surface area (Å²) < 4.78 is 0. The quantitative estimate of drug-likeness (QED) is 0.345. The molecule has 0 fully saturated rings. The zero-order chi connectivity index (χ0) is 19.7. The van der Waals surface area contributed by atoms with Gasteiger partial charge in [0.2, 0.25) is 11.8 Å². The highest BCUT2D eigenvalue weighted by atomic mass is 16.4. The third-order valence-corrected chi connectivity index (χ3v) is 4.08. The monoisotopic (exact) mass is 359 g/mol. The van der Waals surface area contributed by atoms with Crippen molar-refractivity contribution in [3.05, 3.63) is 0 Å². The first kappa shape index (κ1) is 22.8. The normalized spacial score (nSPS) is 15.8. The van der Waals surface area contributed by atoms with Crippen LogP contribution in [0.3, 0.4) is 0 Å². The highest BCUT2D eigenvalue weighted by molar-refractivity contribution is 5.92. The van der Waals surface area contributed by atoms with E-state index in [-0.39, 0.29) is 24.7 Å². The lowest BCUT2D eigenvalue weighted by Gasteiger charge is -2.25. The maximum atomic E-state index is 12.4. The van der Waals surface area contributed by atoms with Crippen LogP contribution in [-0.2, 0) is 19.2 Å². The minimum absolute atomic E-state index is 0.162. The van der Waals surface area contributed by atoms with E-state index in [1.54, 1.807) is 27.7 Å². The fourth-order valence-corrected chi connectivity index (χ4v) is 2.04. The van der Waals surface area contributed by atoms with Crippen LogP contribution in [0.1, 0.15) is 47.0 Å². The molecule has 0 radical (unpaired) electrons. The first-order chi connectivity index (χ1) is 11.5. The Morgan fingerprint density at radius 2 is 1.56 bits per heavy atom. The molecule has 6 N–H and O–H groups in total. The van der Waals surface area contributed by atoms with Crippen LogP contribution in [0.2, 0.25) is 0 Å². The molecule has 9 heteroatoms. The third kappa shape index (κ3) is 7.97. The predicted octanol–water partition coefficient (Wildman–Crippen LogP) is -0.0652. The lowest BCUT2D eigenvalue weighted by atomic mass is 9.98. The van der Waals surface area contributed by atoms with Crippen molar-refractivity contribution in [3.63, 3.8) is 0 Å². The molecular weight excluding hydrogens is 330 g/mol.